The fourth-order valence-electron chi connectivity index (χ4n) is 2.34. The molecule has 0 aliphatic rings. The number of imidazole rings is 1. The molecule has 20 heavy (non-hydrogen) atoms. The summed E-state index contributed by atoms with van der Waals surface area (Å²) >= 11 is 0. The Morgan fingerprint density at radius 2 is 2.20 bits per heavy atom. The highest BCUT2D eigenvalue weighted by Crippen LogP contribution is 2.23. The Bertz CT molecular complexity index is 993. The number of benzene rings is 1. The predicted molar refractivity (Wildman–Crippen MR) is 74.2 cm³/mol. The molecule has 3 heterocycles. The number of hydrogen-bond donors (Lipinski definition) is 2. The molecule has 2 N–H and O–H groups in total. The first-order valence-electron chi connectivity index (χ1n) is 6.07. The van der Waals surface area contributed by atoms with Gasteiger partial charge in [-0.1, -0.05) is 12.1 Å². The minimum absolute atomic E-state index is 0.237. The highest BCUT2D eigenvalue weighted by Gasteiger charge is 2.13. The number of rotatable bonds is 1. The van der Waals surface area contributed by atoms with Gasteiger partial charge in [-0.25, -0.2) is 9.97 Å². The Labute approximate surface area is 112 Å². The van der Waals surface area contributed by atoms with E-state index in [1.54, 1.807) is 6.20 Å². The number of aromatic amines is 2. The Balaban J connectivity index is 2.04. The third-order valence-corrected chi connectivity index (χ3v) is 3.36. The molecule has 0 spiro atoms. The lowest BCUT2D eigenvalue weighted by atomic mass is 10.1. The summed E-state index contributed by atoms with van der Waals surface area (Å²) in [6.45, 7) is 0. The van der Waals surface area contributed by atoms with E-state index in [1.807, 2.05) is 29.8 Å². The van der Waals surface area contributed by atoms with E-state index in [0.29, 0.717) is 17.0 Å². The average molecular weight is 266 g/mol. The van der Waals surface area contributed by atoms with Crippen LogP contribution in [0.25, 0.3) is 33.5 Å². The maximum atomic E-state index is 11.8. The van der Waals surface area contributed by atoms with Gasteiger partial charge < -0.3 is 9.55 Å². The van der Waals surface area contributed by atoms with Gasteiger partial charge in [-0.2, -0.15) is 5.10 Å². The standard InChI is InChI=1S/C13H10N6O/c1-19-11(17-10-12(19)14-6-15-13(10)20)7-2-3-8-5-16-18-9(8)4-7/h2-6H,1H3,(H,16,18)(H,14,15,20). The number of aromatic nitrogens is 6. The summed E-state index contributed by atoms with van der Waals surface area (Å²) in [6.07, 6.45) is 3.15. The second-order valence-corrected chi connectivity index (χ2v) is 4.57. The van der Waals surface area contributed by atoms with Crippen LogP contribution in [0.3, 0.4) is 0 Å². The molecular weight excluding hydrogens is 256 g/mol. The van der Waals surface area contributed by atoms with Crippen molar-refractivity contribution in [2.24, 2.45) is 7.05 Å². The summed E-state index contributed by atoms with van der Waals surface area (Å²) < 4.78 is 1.81. The monoisotopic (exact) mass is 266 g/mol. The molecule has 4 aromatic rings. The fraction of sp³-hybridized carbons (Fsp3) is 0.0769. The molecule has 0 bridgehead atoms. The molecule has 1 aromatic carbocycles. The number of H-pyrrole nitrogens is 2. The Morgan fingerprint density at radius 3 is 3.05 bits per heavy atom. The van der Waals surface area contributed by atoms with Crippen molar-refractivity contribution < 1.29 is 0 Å². The maximum Gasteiger partial charge on any atom is 0.278 e. The minimum Gasteiger partial charge on any atom is -0.312 e. The quantitative estimate of drug-likeness (QED) is 0.541. The molecule has 7 nitrogen and oxygen atoms in total. The molecule has 3 aromatic heterocycles. The summed E-state index contributed by atoms with van der Waals surface area (Å²) in [7, 11) is 1.84. The van der Waals surface area contributed by atoms with Crippen LogP contribution in [-0.4, -0.2) is 29.7 Å². The van der Waals surface area contributed by atoms with Crippen molar-refractivity contribution in [2.45, 2.75) is 0 Å². The number of fused-ring (bicyclic) bond motifs is 2. The molecule has 0 fully saturated rings. The molecular formula is C13H10N6O. The van der Waals surface area contributed by atoms with Gasteiger partial charge in [0.25, 0.3) is 5.56 Å². The Hall–Kier alpha value is -2.96. The molecule has 0 saturated carbocycles. The van der Waals surface area contributed by atoms with Gasteiger partial charge in [-0.05, 0) is 6.07 Å². The van der Waals surface area contributed by atoms with E-state index in [1.165, 1.54) is 6.33 Å². The van der Waals surface area contributed by atoms with Crippen LogP contribution >= 0.6 is 0 Å². The molecule has 98 valence electrons. The second kappa shape index (κ2) is 3.77. The van der Waals surface area contributed by atoms with Crippen LogP contribution in [-0.2, 0) is 7.05 Å². The highest BCUT2D eigenvalue weighted by atomic mass is 16.1. The van der Waals surface area contributed by atoms with Gasteiger partial charge in [0.2, 0.25) is 0 Å². The predicted octanol–water partition coefficient (Wildman–Crippen LogP) is 1.20. The molecule has 0 aliphatic heterocycles. The third kappa shape index (κ3) is 1.40. The van der Waals surface area contributed by atoms with Gasteiger partial charge in [0.15, 0.2) is 11.2 Å². The van der Waals surface area contributed by atoms with Crippen LogP contribution < -0.4 is 5.56 Å². The molecule has 0 amide bonds. The zero-order valence-electron chi connectivity index (χ0n) is 10.6. The van der Waals surface area contributed by atoms with Crippen LogP contribution in [0.2, 0.25) is 0 Å². The summed E-state index contributed by atoms with van der Waals surface area (Å²) in [6, 6.07) is 5.87. The van der Waals surface area contributed by atoms with E-state index in [0.717, 1.165) is 16.5 Å². The van der Waals surface area contributed by atoms with Crippen molar-refractivity contribution in [1.29, 1.82) is 0 Å². The van der Waals surface area contributed by atoms with Gasteiger partial charge in [0.1, 0.15) is 5.82 Å². The Kier molecular flexibility index (Phi) is 2.06. The summed E-state index contributed by atoms with van der Waals surface area (Å²) in [5.74, 6) is 0.695. The first-order chi connectivity index (χ1) is 9.74. The zero-order chi connectivity index (χ0) is 13.7. The maximum absolute atomic E-state index is 11.8. The summed E-state index contributed by atoms with van der Waals surface area (Å²) in [5.41, 5.74) is 2.50. The molecule has 0 radical (unpaired) electrons. The van der Waals surface area contributed by atoms with Gasteiger partial charge in [0, 0.05) is 18.0 Å². The summed E-state index contributed by atoms with van der Waals surface area (Å²) in [5, 5.41) is 7.95. The van der Waals surface area contributed by atoms with Gasteiger partial charge in [-0.15, -0.1) is 0 Å². The highest BCUT2D eigenvalue weighted by molar-refractivity contribution is 5.84. The topological polar surface area (TPSA) is 92.2 Å². The van der Waals surface area contributed by atoms with Crippen molar-refractivity contribution in [2.75, 3.05) is 0 Å². The van der Waals surface area contributed by atoms with Crippen LogP contribution in [0.1, 0.15) is 0 Å². The van der Waals surface area contributed by atoms with Crippen molar-refractivity contribution in [3.63, 3.8) is 0 Å². The average Bonchev–Trinajstić information content (AvgIpc) is 3.04. The van der Waals surface area contributed by atoms with Crippen LogP contribution in [0.15, 0.2) is 35.5 Å². The summed E-state index contributed by atoms with van der Waals surface area (Å²) in [4.78, 5) is 22.9. The molecule has 0 unspecified atom stereocenters. The first-order valence-corrected chi connectivity index (χ1v) is 6.07. The SMILES string of the molecule is Cn1c(-c2ccc3cn[nH]c3c2)nc2c(=O)[nH]cnc21. The van der Waals surface area contributed by atoms with E-state index in [9.17, 15) is 4.79 Å². The largest absolute Gasteiger partial charge is 0.312 e. The van der Waals surface area contributed by atoms with Gasteiger partial charge >= 0.3 is 0 Å². The van der Waals surface area contributed by atoms with Crippen molar-refractivity contribution in [3.05, 3.63) is 41.1 Å². The van der Waals surface area contributed by atoms with Crippen molar-refractivity contribution in [1.82, 2.24) is 29.7 Å². The number of nitrogens with one attached hydrogen (secondary N) is 2. The zero-order valence-corrected chi connectivity index (χ0v) is 10.6. The van der Waals surface area contributed by atoms with Crippen molar-refractivity contribution in [3.8, 4) is 11.4 Å². The molecule has 4 rings (SSSR count). The lowest BCUT2D eigenvalue weighted by molar-refractivity contribution is 0.938. The smallest absolute Gasteiger partial charge is 0.278 e. The molecule has 0 saturated heterocycles. The first kappa shape index (κ1) is 10.9. The lowest BCUT2D eigenvalue weighted by Gasteiger charge is -2.01. The minimum atomic E-state index is -0.237. The number of aryl methyl sites for hydroxylation is 1. The van der Waals surface area contributed by atoms with E-state index in [-0.39, 0.29) is 5.56 Å². The Morgan fingerprint density at radius 1 is 1.30 bits per heavy atom. The molecule has 0 atom stereocenters. The van der Waals surface area contributed by atoms with Crippen LogP contribution in [0, 0.1) is 0 Å². The van der Waals surface area contributed by atoms with Crippen LogP contribution in [0.4, 0.5) is 0 Å². The van der Waals surface area contributed by atoms with E-state index < -0.39 is 0 Å². The third-order valence-electron chi connectivity index (χ3n) is 3.36. The van der Waals surface area contributed by atoms with Crippen molar-refractivity contribution >= 4 is 22.1 Å². The van der Waals surface area contributed by atoms with E-state index >= 15 is 0 Å². The van der Waals surface area contributed by atoms with Gasteiger partial charge in [-0.3, -0.25) is 9.89 Å². The molecule has 7 heteroatoms. The molecule has 0 aliphatic carbocycles. The fourth-order valence-corrected chi connectivity index (χ4v) is 2.34. The number of hydrogen-bond acceptors (Lipinski definition) is 4. The number of nitrogens with zero attached hydrogens (tertiary/aromatic N) is 4. The lowest BCUT2D eigenvalue weighted by Crippen LogP contribution is -2.06. The van der Waals surface area contributed by atoms with E-state index in [4.69, 9.17) is 0 Å². The van der Waals surface area contributed by atoms with Gasteiger partial charge in [0.05, 0.1) is 18.0 Å². The second-order valence-electron chi connectivity index (χ2n) is 4.57. The van der Waals surface area contributed by atoms with E-state index in [2.05, 4.69) is 25.1 Å². The normalized spacial score (nSPS) is 11.4. The van der Waals surface area contributed by atoms with Crippen LogP contribution in [0.5, 0.6) is 0 Å².